The van der Waals surface area contributed by atoms with Gasteiger partial charge in [-0.05, 0) is 44.9 Å². The van der Waals surface area contributed by atoms with Crippen molar-refractivity contribution in [1.82, 2.24) is 4.90 Å². The predicted molar refractivity (Wildman–Crippen MR) is 67.3 cm³/mol. The minimum atomic E-state index is 0.122. The van der Waals surface area contributed by atoms with Crippen molar-refractivity contribution in [3.63, 3.8) is 0 Å². The van der Waals surface area contributed by atoms with Crippen LogP contribution in [-0.2, 0) is 0 Å². The van der Waals surface area contributed by atoms with Crippen LogP contribution < -0.4 is 4.74 Å². The zero-order valence-corrected chi connectivity index (χ0v) is 10.5. The molecule has 3 heteroatoms. The van der Waals surface area contributed by atoms with Crippen LogP contribution in [0.15, 0.2) is 24.3 Å². The van der Waals surface area contributed by atoms with E-state index in [0.717, 1.165) is 30.7 Å². The molecule has 0 radical (unpaired) electrons. The lowest BCUT2D eigenvalue weighted by Crippen LogP contribution is -2.33. The van der Waals surface area contributed by atoms with Gasteiger partial charge in [-0.15, -0.1) is 0 Å². The Morgan fingerprint density at radius 2 is 2.35 bits per heavy atom. The summed E-state index contributed by atoms with van der Waals surface area (Å²) in [5.74, 6) is 0.891. The molecule has 1 unspecified atom stereocenters. The number of amides is 1. The summed E-state index contributed by atoms with van der Waals surface area (Å²) in [6.45, 7) is 5.55. The van der Waals surface area contributed by atoms with Crippen molar-refractivity contribution in [3.05, 3.63) is 29.8 Å². The Morgan fingerprint density at radius 1 is 1.53 bits per heavy atom. The molecule has 0 bridgehead atoms. The van der Waals surface area contributed by atoms with Gasteiger partial charge in [-0.25, -0.2) is 0 Å². The zero-order chi connectivity index (χ0) is 12.3. The number of hydrogen-bond donors (Lipinski definition) is 0. The summed E-state index contributed by atoms with van der Waals surface area (Å²) in [5.41, 5.74) is 0.727. The lowest BCUT2D eigenvalue weighted by Gasteiger charge is -2.21. The number of rotatable bonds is 3. The summed E-state index contributed by atoms with van der Waals surface area (Å²) in [7, 11) is 0. The summed E-state index contributed by atoms with van der Waals surface area (Å²) in [6.07, 6.45) is 2.22. The van der Waals surface area contributed by atoms with Gasteiger partial charge in [0, 0.05) is 18.2 Å². The number of likely N-dealkylation sites (tertiary alicyclic amines) is 1. The molecular formula is C14H19NO2. The summed E-state index contributed by atoms with van der Waals surface area (Å²) in [5, 5.41) is 0. The fourth-order valence-electron chi connectivity index (χ4n) is 2.29. The first-order valence-electron chi connectivity index (χ1n) is 6.26. The van der Waals surface area contributed by atoms with E-state index < -0.39 is 0 Å². The lowest BCUT2D eigenvalue weighted by molar-refractivity contribution is 0.0747. The number of nitrogens with zero attached hydrogens (tertiary/aromatic N) is 1. The van der Waals surface area contributed by atoms with Gasteiger partial charge in [-0.3, -0.25) is 4.79 Å². The average molecular weight is 233 g/mol. The van der Waals surface area contributed by atoms with Gasteiger partial charge in [0.1, 0.15) is 5.75 Å². The highest BCUT2D eigenvalue weighted by molar-refractivity contribution is 5.95. The van der Waals surface area contributed by atoms with Crippen LogP contribution >= 0.6 is 0 Å². The topological polar surface area (TPSA) is 29.5 Å². The molecule has 2 rings (SSSR count). The van der Waals surface area contributed by atoms with Crippen molar-refractivity contribution in [3.8, 4) is 5.75 Å². The molecule has 1 aliphatic heterocycles. The number of carbonyl (C=O) groups is 1. The number of carbonyl (C=O) groups excluding carboxylic acids is 1. The van der Waals surface area contributed by atoms with Crippen LogP contribution in [-0.4, -0.2) is 30.0 Å². The van der Waals surface area contributed by atoms with Gasteiger partial charge in [0.25, 0.3) is 5.91 Å². The van der Waals surface area contributed by atoms with Crippen LogP contribution in [0.1, 0.15) is 37.0 Å². The van der Waals surface area contributed by atoms with E-state index in [4.69, 9.17) is 4.74 Å². The monoisotopic (exact) mass is 233 g/mol. The molecule has 0 N–H and O–H groups in total. The molecule has 1 atom stereocenters. The van der Waals surface area contributed by atoms with E-state index in [2.05, 4.69) is 6.92 Å². The van der Waals surface area contributed by atoms with Crippen LogP contribution in [0.2, 0.25) is 0 Å². The highest BCUT2D eigenvalue weighted by Gasteiger charge is 2.25. The maximum atomic E-state index is 12.3. The molecule has 1 fully saturated rings. The Kier molecular flexibility index (Phi) is 3.67. The molecule has 0 saturated carbocycles. The van der Waals surface area contributed by atoms with E-state index in [1.54, 1.807) is 0 Å². The van der Waals surface area contributed by atoms with Gasteiger partial charge < -0.3 is 9.64 Å². The Labute approximate surface area is 102 Å². The predicted octanol–water partition coefficient (Wildman–Crippen LogP) is 2.71. The fourth-order valence-corrected chi connectivity index (χ4v) is 2.29. The first-order valence-corrected chi connectivity index (χ1v) is 6.26. The lowest BCUT2D eigenvalue weighted by atomic mass is 10.1. The van der Waals surface area contributed by atoms with E-state index in [1.165, 1.54) is 0 Å². The molecule has 0 aromatic heterocycles. The average Bonchev–Trinajstić information content (AvgIpc) is 2.75. The van der Waals surface area contributed by atoms with Crippen LogP contribution in [0.3, 0.4) is 0 Å². The minimum absolute atomic E-state index is 0.122. The van der Waals surface area contributed by atoms with Gasteiger partial charge in [-0.1, -0.05) is 6.07 Å². The van der Waals surface area contributed by atoms with Crippen LogP contribution in [0.5, 0.6) is 5.75 Å². The van der Waals surface area contributed by atoms with Crippen molar-refractivity contribution < 1.29 is 9.53 Å². The second-order valence-corrected chi connectivity index (χ2v) is 4.45. The number of benzene rings is 1. The highest BCUT2D eigenvalue weighted by atomic mass is 16.5. The van der Waals surface area contributed by atoms with Crippen molar-refractivity contribution in [2.45, 2.75) is 32.7 Å². The summed E-state index contributed by atoms with van der Waals surface area (Å²) >= 11 is 0. The van der Waals surface area contributed by atoms with Crippen LogP contribution in [0, 0.1) is 0 Å². The Balaban J connectivity index is 2.15. The second kappa shape index (κ2) is 5.21. The van der Waals surface area contributed by atoms with Gasteiger partial charge >= 0.3 is 0 Å². The van der Waals surface area contributed by atoms with Crippen molar-refractivity contribution in [1.29, 1.82) is 0 Å². The molecule has 3 nitrogen and oxygen atoms in total. The standard InChI is InChI=1S/C14H19NO2/c1-3-17-13-8-4-7-12(10-13)14(16)15-9-5-6-11(15)2/h4,7-8,10-11H,3,5-6,9H2,1-2H3. The van der Waals surface area contributed by atoms with Crippen molar-refractivity contribution >= 4 is 5.91 Å². The quantitative estimate of drug-likeness (QED) is 0.803. The van der Waals surface area contributed by atoms with Gasteiger partial charge in [-0.2, -0.15) is 0 Å². The Morgan fingerprint density at radius 3 is 3.00 bits per heavy atom. The number of ether oxygens (including phenoxy) is 1. The Bertz CT molecular complexity index is 403. The summed E-state index contributed by atoms with van der Waals surface area (Å²) in [4.78, 5) is 14.2. The largest absolute Gasteiger partial charge is 0.494 e. The van der Waals surface area contributed by atoms with Crippen LogP contribution in [0.4, 0.5) is 0 Å². The van der Waals surface area contributed by atoms with E-state index in [0.29, 0.717) is 12.6 Å². The Hall–Kier alpha value is -1.51. The number of hydrogen-bond acceptors (Lipinski definition) is 2. The van der Waals surface area contributed by atoms with Gasteiger partial charge in [0.2, 0.25) is 0 Å². The van der Waals surface area contributed by atoms with Crippen molar-refractivity contribution in [2.24, 2.45) is 0 Å². The van der Waals surface area contributed by atoms with Crippen LogP contribution in [0.25, 0.3) is 0 Å². The van der Waals surface area contributed by atoms with Gasteiger partial charge in [0.15, 0.2) is 0 Å². The molecule has 0 spiro atoms. The maximum Gasteiger partial charge on any atom is 0.254 e. The summed E-state index contributed by atoms with van der Waals surface area (Å²) in [6, 6.07) is 7.80. The van der Waals surface area contributed by atoms with Crippen molar-refractivity contribution in [2.75, 3.05) is 13.2 Å². The molecule has 1 aliphatic rings. The third-order valence-electron chi connectivity index (χ3n) is 3.21. The van der Waals surface area contributed by atoms with E-state index >= 15 is 0 Å². The smallest absolute Gasteiger partial charge is 0.254 e. The molecule has 0 aliphatic carbocycles. The zero-order valence-electron chi connectivity index (χ0n) is 10.5. The third-order valence-corrected chi connectivity index (χ3v) is 3.21. The molecule has 1 aromatic rings. The second-order valence-electron chi connectivity index (χ2n) is 4.45. The molecule has 17 heavy (non-hydrogen) atoms. The highest BCUT2D eigenvalue weighted by Crippen LogP contribution is 2.21. The van der Waals surface area contributed by atoms with Gasteiger partial charge in [0.05, 0.1) is 6.61 Å². The molecule has 92 valence electrons. The fraction of sp³-hybridized carbons (Fsp3) is 0.500. The minimum Gasteiger partial charge on any atom is -0.494 e. The van der Waals surface area contributed by atoms with E-state index in [1.807, 2.05) is 36.1 Å². The first kappa shape index (κ1) is 12.0. The molecule has 1 saturated heterocycles. The van der Waals surface area contributed by atoms with E-state index in [-0.39, 0.29) is 5.91 Å². The molecular weight excluding hydrogens is 214 g/mol. The molecule has 1 heterocycles. The summed E-state index contributed by atoms with van der Waals surface area (Å²) < 4.78 is 5.42. The first-order chi connectivity index (χ1) is 8.22. The van der Waals surface area contributed by atoms with E-state index in [9.17, 15) is 4.79 Å². The molecule has 1 amide bonds. The SMILES string of the molecule is CCOc1cccc(C(=O)N2CCCC2C)c1. The third kappa shape index (κ3) is 2.60. The molecule has 1 aromatic carbocycles. The normalized spacial score (nSPS) is 19.4. The maximum absolute atomic E-state index is 12.3.